The first kappa shape index (κ1) is 13.6. The Hall–Kier alpha value is -2.01. The van der Waals surface area contributed by atoms with Crippen LogP contribution in [0.1, 0.15) is 23.3 Å². The molecule has 5 heteroatoms. The Bertz CT molecular complexity index is 720. The lowest BCUT2D eigenvalue weighted by Gasteiger charge is -2.15. The number of hydrogen-bond donors (Lipinski definition) is 2. The fourth-order valence-electron chi connectivity index (χ4n) is 3.57. The van der Waals surface area contributed by atoms with Crippen molar-refractivity contribution in [2.45, 2.75) is 18.9 Å². The standard InChI is InChI=1S/C17H21N3O2/c1-22-12-4-5-15-11(6-12)7-16(19-15)17(21)20-8-13(10-2-3-10)14(18)9-20/h4-7,10,13-14,19H,2-3,8-9,18H2,1H3/t13-,14+/m1/s1. The quantitative estimate of drug-likeness (QED) is 0.910. The molecule has 22 heavy (non-hydrogen) atoms. The molecule has 1 aromatic heterocycles. The van der Waals surface area contributed by atoms with E-state index in [9.17, 15) is 4.79 Å². The summed E-state index contributed by atoms with van der Waals surface area (Å²) >= 11 is 0. The summed E-state index contributed by atoms with van der Waals surface area (Å²) in [7, 11) is 1.64. The third kappa shape index (κ3) is 2.25. The lowest BCUT2D eigenvalue weighted by molar-refractivity contribution is 0.0780. The summed E-state index contributed by atoms with van der Waals surface area (Å²) in [6, 6.07) is 7.79. The number of carbonyl (C=O) groups excluding carboxylic acids is 1. The van der Waals surface area contributed by atoms with Crippen molar-refractivity contribution in [3.63, 3.8) is 0 Å². The number of fused-ring (bicyclic) bond motifs is 1. The van der Waals surface area contributed by atoms with Crippen molar-refractivity contribution in [3.05, 3.63) is 30.0 Å². The van der Waals surface area contributed by atoms with E-state index in [4.69, 9.17) is 10.5 Å². The average Bonchev–Trinajstić information content (AvgIpc) is 3.16. The SMILES string of the molecule is COc1ccc2[nH]c(C(=O)N3C[C@H](C4CC4)[C@@H](N)C3)cc2c1. The zero-order valence-corrected chi connectivity index (χ0v) is 12.7. The van der Waals surface area contributed by atoms with Gasteiger partial charge >= 0.3 is 0 Å². The molecule has 1 saturated carbocycles. The summed E-state index contributed by atoms with van der Waals surface area (Å²) in [6.45, 7) is 1.46. The van der Waals surface area contributed by atoms with Gasteiger partial charge in [-0.1, -0.05) is 0 Å². The van der Waals surface area contributed by atoms with Gasteiger partial charge in [-0.05, 0) is 48.9 Å². The largest absolute Gasteiger partial charge is 0.497 e. The highest BCUT2D eigenvalue weighted by Crippen LogP contribution is 2.41. The van der Waals surface area contributed by atoms with Gasteiger partial charge in [0.05, 0.1) is 7.11 Å². The van der Waals surface area contributed by atoms with E-state index in [-0.39, 0.29) is 11.9 Å². The molecule has 1 aromatic carbocycles. The third-order valence-electron chi connectivity index (χ3n) is 4.99. The molecule has 3 N–H and O–H groups in total. The Morgan fingerprint density at radius 3 is 2.86 bits per heavy atom. The molecule has 1 aliphatic heterocycles. The zero-order valence-electron chi connectivity index (χ0n) is 12.7. The molecule has 116 valence electrons. The molecule has 2 heterocycles. The first-order chi connectivity index (χ1) is 10.7. The Morgan fingerprint density at radius 1 is 1.32 bits per heavy atom. The smallest absolute Gasteiger partial charge is 0.270 e. The molecular weight excluding hydrogens is 278 g/mol. The molecule has 0 bridgehead atoms. The van der Waals surface area contributed by atoms with Crippen LogP contribution < -0.4 is 10.5 Å². The number of carbonyl (C=O) groups is 1. The predicted molar refractivity (Wildman–Crippen MR) is 84.9 cm³/mol. The maximum atomic E-state index is 12.7. The molecular formula is C17H21N3O2. The van der Waals surface area contributed by atoms with Crippen LogP contribution in [0, 0.1) is 11.8 Å². The predicted octanol–water partition coefficient (Wildman–Crippen LogP) is 1.99. The molecule has 2 fully saturated rings. The number of methoxy groups -OCH3 is 1. The third-order valence-corrected chi connectivity index (χ3v) is 4.99. The van der Waals surface area contributed by atoms with Crippen LogP contribution in [-0.4, -0.2) is 42.0 Å². The van der Waals surface area contributed by atoms with Gasteiger partial charge in [-0.3, -0.25) is 4.79 Å². The van der Waals surface area contributed by atoms with Crippen LogP contribution in [0.3, 0.4) is 0 Å². The second-order valence-corrected chi connectivity index (χ2v) is 6.51. The maximum absolute atomic E-state index is 12.7. The van der Waals surface area contributed by atoms with E-state index in [2.05, 4.69) is 4.98 Å². The number of nitrogens with zero attached hydrogens (tertiary/aromatic N) is 1. The minimum atomic E-state index is 0.0498. The lowest BCUT2D eigenvalue weighted by Crippen LogP contribution is -2.32. The van der Waals surface area contributed by atoms with Gasteiger partial charge in [0, 0.05) is 30.0 Å². The van der Waals surface area contributed by atoms with Crippen molar-refractivity contribution in [1.82, 2.24) is 9.88 Å². The number of rotatable bonds is 3. The van der Waals surface area contributed by atoms with E-state index in [1.54, 1.807) is 7.11 Å². The van der Waals surface area contributed by atoms with Crippen LogP contribution in [0.5, 0.6) is 5.75 Å². The topological polar surface area (TPSA) is 71.4 Å². The van der Waals surface area contributed by atoms with Gasteiger partial charge in [0.15, 0.2) is 0 Å². The van der Waals surface area contributed by atoms with Crippen molar-refractivity contribution in [2.24, 2.45) is 17.6 Å². The van der Waals surface area contributed by atoms with Crippen LogP contribution in [0.15, 0.2) is 24.3 Å². The summed E-state index contributed by atoms with van der Waals surface area (Å²) in [5.74, 6) is 2.06. The number of nitrogens with two attached hydrogens (primary N) is 1. The van der Waals surface area contributed by atoms with E-state index >= 15 is 0 Å². The molecule has 1 aliphatic carbocycles. The van der Waals surface area contributed by atoms with Gasteiger partial charge in [-0.2, -0.15) is 0 Å². The fraction of sp³-hybridized carbons (Fsp3) is 0.471. The highest BCUT2D eigenvalue weighted by atomic mass is 16.5. The normalized spacial score (nSPS) is 24.9. The van der Waals surface area contributed by atoms with Crippen LogP contribution in [-0.2, 0) is 0 Å². The number of benzene rings is 1. The van der Waals surface area contributed by atoms with E-state index in [1.165, 1.54) is 12.8 Å². The van der Waals surface area contributed by atoms with Gasteiger partial charge in [0.2, 0.25) is 0 Å². The Kier molecular flexibility index (Phi) is 3.11. The van der Waals surface area contributed by atoms with Crippen LogP contribution in [0.2, 0.25) is 0 Å². The molecule has 5 nitrogen and oxygen atoms in total. The van der Waals surface area contributed by atoms with Gasteiger partial charge in [-0.25, -0.2) is 0 Å². The van der Waals surface area contributed by atoms with Crippen LogP contribution in [0.4, 0.5) is 0 Å². The number of H-pyrrole nitrogens is 1. The minimum absolute atomic E-state index is 0.0498. The summed E-state index contributed by atoms with van der Waals surface area (Å²) in [5, 5.41) is 0.991. The molecule has 2 atom stereocenters. The maximum Gasteiger partial charge on any atom is 0.270 e. The molecule has 0 radical (unpaired) electrons. The zero-order chi connectivity index (χ0) is 15.3. The molecule has 4 rings (SSSR count). The van der Waals surface area contributed by atoms with Gasteiger partial charge in [0.25, 0.3) is 5.91 Å². The van der Waals surface area contributed by atoms with E-state index < -0.39 is 0 Å². The van der Waals surface area contributed by atoms with Gasteiger partial charge < -0.3 is 20.4 Å². The highest BCUT2D eigenvalue weighted by Gasteiger charge is 2.42. The van der Waals surface area contributed by atoms with E-state index in [0.717, 1.165) is 29.1 Å². The number of aromatic amines is 1. The van der Waals surface area contributed by atoms with Crippen molar-refractivity contribution in [1.29, 1.82) is 0 Å². The molecule has 0 unspecified atom stereocenters. The monoisotopic (exact) mass is 299 g/mol. The molecule has 2 aliphatic rings. The highest BCUT2D eigenvalue weighted by molar-refractivity contribution is 5.98. The lowest BCUT2D eigenvalue weighted by atomic mass is 9.99. The molecule has 1 amide bonds. The van der Waals surface area contributed by atoms with Gasteiger partial charge in [0.1, 0.15) is 11.4 Å². The first-order valence-corrected chi connectivity index (χ1v) is 7.87. The summed E-state index contributed by atoms with van der Waals surface area (Å²) in [6.07, 6.45) is 2.54. The van der Waals surface area contributed by atoms with Crippen LogP contribution in [0.25, 0.3) is 10.9 Å². The van der Waals surface area contributed by atoms with Gasteiger partial charge in [-0.15, -0.1) is 0 Å². The number of amides is 1. The van der Waals surface area contributed by atoms with Crippen molar-refractivity contribution in [2.75, 3.05) is 20.2 Å². The first-order valence-electron chi connectivity index (χ1n) is 7.87. The number of aromatic nitrogens is 1. The number of ether oxygens (including phenoxy) is 1. The number of likely N-dealkylation sites (tertiary alicyclic amines) is 1. The molecule has 1 saturated heterocycles. The number of hydrogen-bond acceptors (Lipinski definition) is 3. The van der Waals surface area contributed by atoms with E-state index in [1.807, 2.05) is 29.2 Å². The second-order valence-electron chi connectivity index (χ2n) is 6.51. The Labute approximate surface area is 129 Å². The van der Waals surface area contributed by atoms with Crippen molar-refractivity contribution in [3.8, 4) is 5.75 Å². The average molecular weight is 299 g/mol. The summed E-state index contributed by atoms with van der Waals surface area (Å²) < 4.78 is 5.23. The van der Waals surface area contributed by atoms with E-state index in [0.29, 0.717) is 18.2 Å². The van der Waals surface area contributed by atoms with Crippen molar-refractivity contribution >= 4 is 16.8 Å². The summed E-state index contributed by atoms with van der Waals surface area (Å²) in [4.78, 5) is 17.8. The van der Waals surface area contributed by atoms with Crippen LogP contribution >= 0.6 is 0 Å². The molecule has 2 aromatic rings. The fourth-order valence-corrected chi connectivity index (χ4v) is 3.57. The van der Waals surface area contributed by atoms with Crippen molar-refractivity contribution < 1.29 is 9.53 Å². The Morgan fingerprint density at radius 2 is 2.14 bits per heavy atom. The number of nitrogens with one attached hydrogen (secondary N) is 1. The Balaban J connectivity index is 1.57. The second kappa shape index (κ2) is 5.02. The summed E-state index contributed by atoms with van der Waals surface area (Å²) in [5.41, 5.74) is 7.80. The molecule has 0 spiro atoms. The minimum Gasteiger partial charge on any atom is -0.497 e.